The minimum Gasteiger partial charge on any atom is -0.296 e. The molecule has 1 aliphatic rings. The predicted molar refractivity (Wildman–Crippen MR) is 89.5 cm³/mol. The van der Waals surface area contributed by atoms with Gasteiger partial charge >= 0.3 is 0 Å². The summed E-state index contributed by atoms with van der Waals surface area (Å²) in [6.45, 7) is 0.309. The summed E-state index contributed by atoms with van der Waals surface area (Å²) in [4.78, 5) is 18.1. The van der Waals surface area contributed by atoms with E-state index in [1.165, 1.54) is 0 Å². The summed E-state index contributed by atoms with van der Waals surface area (Å²) in [7, 11) is 1.67. The first-order valence-corrected chi connectivity index (χ1v) is 9.88. The lowest BCUT2D eigenvalue weighted by molar-refractivity contribution is -0.117. The highest BCUT2D eigenvalue weighted by atomic mass is 79.9. The van der Waals surface area contributed by atoms with Gasteiger partial charge in [0.1, 0.15) is 5.82 Å². The van der Waals surface area contributed by atoms with Crippen LogP contribution in [0.5, 0.6) is 0 Å². The lowest BCUT2D eigenvalue weighted by Gasteiger charge is -2.18. The summed E-state index contributed by atoms with van der Waals surface area (Å²) in [5, 5.41) is 1.80. The molecule has 0 spiro atoms. The molecule has 1 amide bonds. The van der Waals surface area contributed by atoms with Crippen LogP contribution in [-0.2, 0) is 13.8 Å². The van der Waals surface area contributed by atoms with E-state index in [1.807, 2.05) is 24.3 Å². The van der Waals surface area contributed by atoms with E-state index in [0.717, 1.165) is 15.2 Å². The van der Waals surface area contributed by atoms with Gasteiger partial charge in [0.25, 0.3) is 0 Å². The highest BCUT2D eigenvalue weighted by Crippen LogP contribution is 2.33. The minimum atomic E-state index is -3.62. The highest BCUT2D eigenvalue weighted by Gasteiger charge is 2.34. The number of benzene rings is 1. The van der Waals surface area contributed by atoms with Crippen LogP contribution in [0.1, 0.15) is 6.42 Å². The number of fused-ring (bicyclic) bond motifs is 1. The van der Waals surface area contributed by atoms with Crippen molar-refractivity contribution < 1.29 is 13.2 Å². The van der Waals surface area contributed by atoms with Gasteiger partial charge in [-0.05, 0) is 15.9 Å². The topological polar surface area (TPSA) is 67.3 Å². The third-order valence-corrected chi connectivity index (χ3v) is 5.50. The van der Waals surface area contributed by atoms with Crippen molar-refractivity contribution in [3.05, 3.63) is 34.9 Å². The molecule has 5 nitrogen and oxygen atoms in total. The van der Waals surface area contributed by atoms with Gasteiger partial charge in [-0.3, -0.25) is 9.69 Å². The predicted octanol–water partition coefficient (Wildman–Crippen LogP) is 2.92. The maximum absolute atomic E-state index is 12.2. The average Bonchev–Trinajstić information content (AvgIpc) is 2.78. The zero-order chi connectivity index (χ0) is 15.9. The van der Waals surface area contributed by atoms with Crippen molar-refractivity contribution in [1.82, 2.24) is 4.98 Å². The quantitative estimate of drug-likeness (QED) is 0.739. The number of aromatic nitrogens is 1. The molecule has 2 aromatic rings. The Bertz CT molecular complexity index is 856. The smallest absolute Gasteiger partial charge is 0.232 e. The number of hydrogen-bond donors (Lipinski definition) is 0. The Morgan fingerprint density at radius 1 is 1.32 bits per heavy atom. The molecule has 0 bridgehead atoms. The third-order valence-electron chi connectivity index (χ3n) is 3.62. The number of amides is 1. The van der Waals surface area contributed by atoms with Crippen LogP contribution >= 0.6 is 26.6 Å². The number of pyridine rings is 1. The van der Waals surface area contributed by atoms with E-state index in [2.05, 4.69) is 20.9 Å². The fraction of sp³-hybridized carbons (Fsp3) is 0.286. The number of carbonyl (C=O) groups excluding carboxylic acids is 1. The number of hydrogen-bond acceptors (Lipinski definition) is 4. The van der Waals surface area contributed by atoms with Gasteiger partial charge in [0, 0.05) is 51.0 Å². The summed E-state index contributed by atoms with van der Waals surface area (Å²) in [6, 6.07) is 7.61. The van der Waals surface area contributed by atoms with Crippen molar-refractivity contribution in [2.45, 2.75) is 6.42 Å². The minimum absolute atomic E-state index is 0.134. The van der Waals surface area contributed by atoms with Crippen LogP contribution < -0.4 is 4.90 Å². The van der Waals surface area contributed by atoms with Crippen LogP contribution in [0.4, 0.5) is 5.82 Å². The molecule has 8 heteroatoms. The molecular formula is C14H12BrClN2O3S. The van der Waals surface area contributed by atoms with E-state index in [-0.39, 0.29) is 24.0 Å². The van der Waals surface area contributed by atoms with Gasteiger partial charge in [-0.25, -0.2) is 13.4 Å². The number of anilines is 1. The zero-order valence-corrected chi connectivity index (χ0v) is 14.5. The van der Waals surface area contributed by atoms with E-state index < -0.39 is 9.05 Å². The molecule has 2 heterocycles. The standard InChI is InChI=1S/C14H12BrClN2O3S/c15-12-6-17-14(11-4-2-1-3-10(11)12)18-7-9(5-13(18)19)8-22(16,20)21/h1-4,6,9H,5,7-8H2. The fourth-order valence-electron chi connectivity index (χ4n) is 2.74. The first-order valence-electron chi connectivity index (χ1n) is 6.61. The lowest BCUT2D eigenvalue weighted by Crippen LogP contribution is -2.26. The average molecular weight is 404 g/mol. The number of rotatable bonds is 3. The Hall–Kier alpha value is -1.18. The molecule has 0 radical (unpaired) electrons. The summed E-state index contributed by atoms with van der Waals surface area (Å²) in [5.74, 6) is -0.0894. The summed E-state index contributed by atoms with van der Waals surface area (Å²) < 4.78 is 23.3. The SMILES string of the molecule is O=C1CC(CS(=O)(=O)Cl)CN1c1ncc(Br)c2ccccc12. The summed E-state index contributed by atoms with van der Waals surface area (Å²) in [6.07, 6.45) is 1.81. The molecule has 0 N–H and O–H groups in total. The molecule has 0 saturated carbocycles. The molecule has 1 aromatic heterocycles. The molecule has 1 fully saturated rings. The molecule has 1 aliphatic heterocycles. The van der Waals surface area contributed by atoms with Gasteiger partial charge in [0.2, 0.25) is 15.0 Å². The van der Waals surface area contributed by atoms with Crippen LogP contribution in [-0.4, -0.2) is 31.6 Å². The maximum Gasteiger partial charge on any atom is 0.232 e. The van der Waals surface area contributed by atoms with Crippen molar-refractivity contribution in [1.29, 1.82) is 0 Å². The van der Waals surface area contributed by atoms with Gasteiger partial charge in [-0.2, -0.15) is 0 Å². The van der Waals surface area contributed by atoms with Gasteiger partial charge in [-0.15, -0.1) is 0 Å². The van der Waals surface area contributed by atoms with Crippen LogP contribution in [0.3, 0.4) is 0 Å². The molecule has 0 aliphatic carbocycles. The normalized spacial score (nSPS) is 19.1. The van der Waals surface area contributed by atoms with E-state index >= 15 is 0 Å². The van der Waals surface area contributed by atoms with Crippen molar-refractivity contribution >= 4 is 58.2 Å². The lowest BCUT2D eigenvalue weighted by atomic mass is 10.1. The van der Waals surface area contributed by atoms with Crippen molar-refractivity contribution in [2.24, 2.45) is 5.92 Å². The second-order valence-electron chi connectivity index (χ2n) is 5.26. The van der Waals surface area contributed by atoms with Crippen molar-refractivity contribution in [3.8, 4) is 0 Å². The second-order valence-corrected chi connectivity index (χ2v) is 8.93. The Labute approximate surface area is 140 Å². The van der Waals surface area contributed by atoms with Gasteiger partial charge in [0.15, 0.2) is 0 Å². The van der Waals surface area contributed by atoms with Crippen LogP contribution in [0, 0.1) is 5.92 Å². The molecule has 1 atom stereocenters. The van der Waals surface area contributed by atoms with E-state index in [9.17, 15) is 13.2 Å². The molecular weight excluding hydrogens is 392 g/mol. The Balaban J connectivity index is 1.98. The number of nitrogens with zero attached hydrogens (tertiary/aromatic N) is 2. The Kier molecular flexibility index (Phi) is 4.13. The molecule has 116 valence electrons. The third kappa shape index (κ3) is 3.11. The Morgan fingerprint density at radius 3 is 2.68 bits per heavy atom. The first kappa shape index (κ1) is 15.7. The maximum atomic E-state index is 12.2. The van der Waals surface area contributed by atoms with E-state index in [0.29, 0.717) is 12.4 Å². The second kappa shape index (κ2) is 5.79. The first-order chi connectivity index (χ1) is 10.3. The molecule has 1 unspecified atom stereocenters. The summed E-state index contributed by atoms with van der Waals surface area (Å²) in [5.41, 5.74) is 0. The molecule has 1 aromatic carbocycles. The highest BCUT2D eigenvalue weighted by molar-refractivity contribution is 9.10. The largest absolute Gasteiger partial charge is 0.296 e. The molecule has 1 saturated heterocycles. The van der Waals surface area contributed by atoms with Gasteiger partial charge < -0.3 is 0 Å². The zero-order valence-electron chi connectivity index (χ0n) is 11.4. The van der Waals surface area contributed by atoms with Gasteiger partial charge in [0.05, 0.1) is 5.75 Å². The monoisotopic (exact) mass is 402 g/mol. The van der Waals surface area contributed by atoms with Crippen LogP contribution in [0.2, 0.25) is 0 Å². The van der Waals surface area contributed by atoms with Crippen LogP contribution in [0.25, 0.3) is 10.8 Å². The summed E-state index contributed by atoms with van der Waals surface area (Å²) >= 11 is 3.44. The number of halogens is 2. The van der Waals surface area contributed by atoms with E-state index in [1.54, 1.807) is 11.1 Å². The molecule has 22 heavy (non-hydrogen) atoms. The van der Waals surface area contributed by atoms with E-state index in [4.69, 9.17) is 10.7 Å². The van der Waals surface area contributed by atoms with Crippen molar-refractivity contribution in [3.63, 3.8) is 0 Å². The Morgan fingerprint density at radius 2 is 2.00 bits per heavy atom. The van der Waals surface area contributed by atoms with Crippen molar-refractivity contribution in [2.75, 3.05) is 17.2 Å². The number of carbonyl (C=O) groups is 1. The van der Waals surface area contributed by atoms with Crippen LogP contribution in [0.15, 0.2) is 34.9 Å². The molecule has 3 rings (SSSR count). The fourth-order valence-corrected chi connectivity index (χ4v) is 4.51. The van der Waals surface area contributed by atoms with Gasteiger partial charge in [-0.1, -0.05) is 24.3 Å².